The highest BCUT2D eigenvalue weighted by molar-refractivity contribution is 5.78. The molecule has 1 aromatic rings. The first kappa shape index (κ1) is 15.9. The molecule has 1 fully saturated rings. The van der Waals surface area contributed by atoms with Crippen LogP contribution in [0.25, 0.3) is 0 Å². The predicted molar refractivity (Wildman–Crippen MR) is 88.5 cm³/mol. The fourth-order valence-electron chi connectivity index (χ4n) is 3.00. The van der Waals surface area contributed by atoms with Crippen LogP contribution >= 0.6 is 0 Å². The Kier molecular flexibility index (Phi) is 5.66. The highest BCUT2D eigenvalue weighted by Crippen LogP contribution is 2.28. The minimum Gasteiger partial charge on any atom is -0.382 e. The van der Waals surface area contributed by atoms with Gasteiger partial charge in [-0.05, 0) is 49.3 Å². The largest absolute Gasteiger partial charge is 0.382 e. The molecule has 1 N–H and O–H groups in total. The zero-order valence-corrected chi connectivity index (χ0v) is 13.6. The summed E-state index contributed by atoms with van der Waals surface area (Å²) in [5.74, 6) is 1.08. The zero-order chi connectivity index (χ0) is 15.2. The Hall–Kier alpha value is -1.51. The summed E-state index contributed by atoms with van der Waals surface area (Å²) in [7, 11) is 3.59. The number of rotatable bonds is 5. The van der Waals surface area contributed by atoms with Crippen LogP contribution in [-0.2, 0) is 11.2 Å². The molecule has 0 radical (unpaired) electrons. The van der Waals surface area contributed by atoms with Crippen molar-refractivity contribution in [2.45, 2.75) is 51.5 Å². The molecular weight excluding hydrogens is 260 g/mol. The molecule has 0 aliphatic heterocycles. The average molecular weight is 288 g/mol. The second kappa shape index (κ2) is 7.48. The molecule has 0 unspecified atom stereocenters. The lowest BCUT2D eigenvalue weighted by atomic mass is 9.84. The molecule has 1 amide bonds. The van der Waals surface area contributed by atoms with Crippen molar-refractivity contribution >= 4 is 11.6 Å². The molecule has 116 valence electrons. The molecule has 0 bridgehead atoms. The fourth-order valence-corrected chi connectivity index (χ4v) is 3.00. The number of likely N-dealkylation sites (N-methyl/N-ethyl adjacent to an activating group) is 1. The van der Waals surface area contributed by atoms with Crippen LogP contribution < -0.4 is 5.32 Å². The maximum Gasteiger partial charge on any atom is 0.226 e. The number of nitrogens with one attached hydrogen (secondary N) is 1. The maximum atomic E-state index is 11.7. The summed E-state index contributed by atoms with van der Waals surface area (Å²) in [4.78, 5) is 13.3. The van der Waals surface area contributed by atoms with Gasteiger partial charge in [-0.2, -0.15) is 0 Å². The summed E-state index contributed by atoms with van der Waals surface area (Å²) in [6.07, 6.45) is 7.06. The molecule has 0 spiro atoms. The van der Waals surface area contributed by atoms with Crippen LogP contribution in [-0.4, -0.2) is 30.9 Å². The van der Waals surface area contributed by atoms with Crippen molar-refractivity contribution in [1.82, 2.24) is 4.90 Å². The summed E-state index contributed by atoms with van der Waals surface area (Å²) < 4.78 is 0. The van der Waals surface area contributed by atoms with Gasteiger partial charge >= 0.3 is 0 Å². The van der Waals surface area contributed by atoms with Gasteiger partial charge in [0.2, 0.25) is 5.91 Å². The van der Waals surface area contributed by atoms with Crippen LogP contribution in [0.15, 0.2) is 24.3 Å². The molecule has 1 aliphatic rings. The number of carbonyl (C=O) groups is 1. The van der Waals surface area contributed by atoms with Gasteiger partial charge in [0.05, 0.1) is 6.42 Å². The van der Waals surface area contributed by atoms with Gasteiger partial charge in [0.15, 0.2) is 0 Å². The lowest BCUT2D eigenvalue weighted by Crippen LogP contribution is -2.26. The molecule has 1 aromatic carbocycles. The average Bonchev–Trinajstić information content (AvgIpc) is 2.50. The van der Waals surface area contributed by atoms with E-state index >= 15 is 0 Å². The first-order valence-electron chi connectivity index (χ1n) is 8.14. The van der Waals surface area contributed by atoms with E-state index in [1.165, 1.54) is 37.8 Å². The Labute approximate surface area is 128 Å². The van der Waals surface area contributed by atoms with E-state index < -0.39 is 0 Å². The Morgan fingerprint density at radius 2 is 1.76 bits per heavy atom. The summed E-state index contributed by atoms with van der Waals surface area (Å²) in [5, 5.41) is 3.63. The van der Waals surface area contributed by atoms with E-state index in [4.69, 9.17) is 0 Å². The number of amides is 1. The van der Waals surface area contributed by atoms with E-state index in [-0.39, 0.29) is 5.91 Å². The topological polar surface area (TPSA) is 32.3 Å². The van der Waals surface area contributed by atoms with Crippen molar-refractivity contribution in [3.8, 4) is 0 Å². The molecule has 2 rings (SSSR count). The molecule has 0 aromatic heterocycles. The van der Waals surface area contributed by atoms with Crippen LogP contribution in [0.1, 0.15) is 44.6 Å². The zero-order valence-electron chi connectivity index (χ0n) is 13.6. The van der Waals surface area contributed by atoms with Crippen molar-refractivity contribution in [3.63, 3.8) is 0 Å². The van der Waals surface area contributed by atoms with Crippen LogP contribution in [0.5, 0.6) is 0 Å². The Morgan fingerprint density at radius 1 is 1.14 bits per heavy atom. The van der Waals surface area contributed by atoms with E-state index in [2.05, 4.69) is 36.5 Å². The Morgan fingerprint density at radius 3 is 2.29 bits per heavy atom. The summed E-state index contributed by atoms with van der Waals surface area (Å²) in [6.45, 7) is 2.30. The molecule has 1 aliphatic carbocycles. The van der Waals surface area contributed by atoms with Crippen molar-refractivity contribution in [3.05, 3.63) is 29.8 Å². The number of hydrogen-bond acceptors (Lipinski definition) is 2. The molecule has 0 saturated heterocycles. The molecule has 1 saturated carbocycles. The monoisotopic (exact) mass is 288 g/mol. The highest BCUT2D eigenvalue weighted by Gasteiger charge is 2.19. The van der Waals surface area contributed by atoms with E-state index in [9.17, 15) is 4.79 Å². The van der Waals surface area contributed by atoms with Crippen LogP contribution in [0.4, 0.5) is 5.69 Å². The Balaban J connectivity index is 1.84. The van der Waals surface area contributed by atoms with Gasteiger partial charge in [-0.15, -0.1) is 0 Å². The smallest absolute Gasteiger partial charge is 0.226 e. The fraction of sp³-hybridized carbons (Fsp3) is 0.611. The van der Waals surface area contributed by atoms with Gasteiger partial charge < -0.3 is 10.2 Å². The predicted octanol–water partition coefficient (Wildman–Crippen LogP) is 3.70. The SMILES string of the molecule is CCC1CCC(Nc2ccc(CC(=O)N(C)C)cc2)CC1. The van der Waals surface area contributed by atoms with Gasteiger partial charge in [-0.25, -0.2) is 0 Å². The molecule has 3 heteroatoms. The summed E-state index contributed by atoms with van der Waals surface area (Å²) in [6, 6.07) is 8.93. The molecule has 0 heterocycles. The van der Waals surface area contributed by atoms with E-state index in [0.29, 0.717) is 12.5 Å². The number of hydrogen-bond donors (Lipinski definition) is 1. The first-order valence-corrected chi connectivity index (χ1v) is 8.14. The van der Waals surface area contributed by atoms with Crippen LogP contribution in [0, 0.1) is 5.92 Å². The van der Waals surface area contributed by atoms with Crippen molar-refractivity contribution in [2.75, 3.05) is 19.4 Å². The van der Waals surface area contributed by atoms with Crippen molar-refractivity contribution in [2.24, 2.45) is 5.92 Å². The normalized spacial score (nSPS) is 21.9. The maximum absolute atomic E-state index is 11.7. The second-order valence-corrected chi connectivity index (χ2v) is 6.43. The number of carbonyl (C=O) groups excluding carboxylic acids is 1. The van der Waals surface area contributed by atoms with E-state index in [0.717, 1.165) is 11.5 Å². The lowest BCUT2D eigenvalue weighted by Gasteiger charge is -2.29. The third-order valence-electron chi connectivity index (χ3n) is 4.60. The lowest BCUT2D eigenvalue weighted by molar-refractivity contribution is -0.127. The van der Waals surface area contributed by atoms with Gasteiger partial charge in [0.25, 0.3) is 0 Å². The van der Waals surface area contributed by atoms with Gasteiger partial charge in [-0.3, -0.25) is 4.79 Å². The summed E-state index contributed by atoms with van der Waals surface area (Å²) >= 11 is 0. The first-order chi connectivity index (χ1) is 10.1. The summed E-state index contributed by atoms with van der Waals surface area (Å²) in [5.41, 5.74) is 2.25. The van der Waals surface area contributed by atoms with Crippen LogP contribution in [0.3, 0.4) is 0 Å². The van der Waals surface area contributed by atoms with Crippen molar-refractivity contribution < 1.29 is 4.79 Å². The third kappa shape index (κ3) is 4.76. The second-order valence-electron chi connectivity index (χ2n) is 6.43. The van der Waals surface area contributed by atoms with Crippen LogP contribution in [0.2, 0.25) is 0 Å². The Bertz CT molecular complexity index is 445. The number of nitrogens with zero attached hydrogens (tertiary/aromatic N) is 1. The van der Waals surface area contributed by atoms with E-state index in [1.807, 2.05) is 0 Å². The number of benzene rings is 1. The van der Waals surface area contributed by atoms with Gasteiger partial charge in [0.1, 0.15) is 0 Å². The highest BCUT2D eigenvalue weighted by atomic mass is 16.2. The quantitative estimate of drug-likeness (QED) is 0.896. The molecular formula is C18H28N2O. The minimum atomic E-state index is 0.147. The third-order valence-corrected chi connectivity index (χ3v) is 4.60. The standard InChI is InChI=1S/C18H28N2O/c1-4-14-5-9-16(10-6-14)19-17-11-7-15(8-12-17)13-18(21)20(2)3/h7-8,11-12,14,16,19H,4-6,9-10,13H2,1-3H3. The van der Waals surface area contributed by atoms with E-state index in [1.54, 1.807) is 19.0 Å². The van der Waals surface area contributed by atoms with Gasteiger partial charge in [0, 0.05) is 25.8 Å². The molecule has 3 nitrogen and oxygen atoms in total. The molecule has 21 heavy (non-hydrogen) atoms. The number of anilines is 1. The van der Waals surface area contributed by atoms with Gasteiger partial charge in [-0.1, -0.05) is 25.5 Å². The molecule has 0 atom stereocenters. The van der Waals surface area contributed by atoms with Crippen molar-refractivity contribution in [1.29, 1.82) is 0 Å². The minimum absolute atomic E-state index is 0.147.